The van der Waals surface area contributed by atoms with Crippen LogP contribution >= 0.6 is 0 Å². The number of anilines is 1. The number of nitrogen functional groups attached to an aromatic ring is 1. The summed E-state index contributed by atoms with van der Waals surface area (Å²) in [6.07, 6.45) is 0. The SMILES string of the molecule is Nc1c(/N=N/c2ccc([N+](=O)[O-])cc2)ccc2cc(S(=O)(=O)O)c(/N=N/c3ccccc3)c(O)c12. The lowest BCUT2D eigenvalue weighted by molar-refractivity contribution is -0.384. The average molecular weight is 492 g/mol. The number of nitrogens with zero attached hydrogens (tertiary/aromatic N) is 5. The van der Waals surface area contributed by atoms with Crippen molar-refractivity contribution < 1.29 is 23.0 Å². The molecule has 35 heavy (non-hydrogen) atoms. The maximum atomic E-state index is 12.0. The maximum absolute atomic E-state index is 12.0. The van der Waals surface area contributed by atoms with Crippen LogP contribution in [0.25, 0.3) is 10.8 Å². The molecule has 0 saturated heterocycles. The Morgan fingerprint density at radius 3 is 2.11 bits per heavy atom. The van der Waals surface area contributed by atoms with Crippen molar-refractivity contribution in [2.45, 2.75) is 4.90 Å². The van der Waals surface area contributed by atoms with E-state index in [1.54, 1.807) is 30.3 Å². The molecule has 176 valence electrons. The molecule has 0 heterocycles. The Hall–Kier alpha value is -4.75. The number of phenols is 1. The van der Waals surface area contributed by atoms with Crippen molar-refractivity contribution in [3.63, 3.8) is 0 Å². The van der Waals surface area contributed by atoms with E-state index < -0.39 is 31.4 Å². The minimum absolute atomic E-state index is 0.0274. The van der Waals surface area contributed by atoms with E-state index in [9.17, 15) is 28.2 Å². The lowest BCUT2D eigenvalue weighted by atomic mass is 10.1. The van der Waals surface area contributed by atoms with E-state index in [1.807, 2.05) is 0 Å². The second-order valence-electron chi connectivity index (χ2n) is 7.15. The molecule has 4 aromatic rings. The molecule has 0 amide bonds. The minimum atomic E-state index is -4.78. The van der Waals surface area contributed by atoms with Gasteiger partial charge in [-0.2, -0.15) is 18.6 Å². The van der Waals surface area contributed by atoms with Gasteiger partial charge in [-0.1, -0.05) is 24.3 Å². The molecule has 12 nitrogen and oxygen atoms in total. The fourth-order valence-corrected chi connectivity index (χ4v) is 3.85. The zero-order valence-corrected chi connectivity index (χ0v) is 18.5. The van der Waals surface area contributed by atoms with Gasteiger partial charge in [-0.05, 0) is 41.8 Å². The second kappa shape index (κ2) is 9.24. The molecule has 13 heteroatoms. The summed E-state index contributed by atoms with van der Waals surface area (Å²) >= 11 is 0. The van der Waals surface area contributed by atoms with Gasteiger partial charge < -0.3 is 10.8 Å². The zero-order chi connectivity index (χ0) is 25.2. The highest BCUT2D eigenvalue weighted by atomic mass is 32.2. The van der Waals surface area contributed by atoms with Crippen molar-refractivity contribution in [3.8, 4) is 5.75 Å². The Balaban J connectivity index is 1.82. The second-order valence-corrected chi connectivity index (χ2v) is 8.54. The number of hydrogen-bond acceptors (Lipinski definition) is 10. The van der Waals surface area contributed by atoms with Gasteiger partial charge >= 0.3 is 0 Å². The fourth-order valence-electron chi connectivity index (χ4n) is 3.19. The van der Waals surface area contributed by atoms with Crippen molar-refractivity contribution in [2.24, 2.45) is 20.5 Å². The number of aromatic hydroxyl groups is 1. The van der Waals surface area contributed by atoms with E-state index in [1.165, 1.54) is 36.4 Å². The first-order valence-corrected chi connectivity index (χ1v) is 11.3. The predicted molar refractivity (Wildman–Crippen MR) is 128 cm³/mol. The summed E-state index contributed by atoms with van der Waals surface area (Å²) in [5, 5.41) is 37.7. The first-order valence-electron chi connectivity index (χ1n) is 9.84. The van der Waals surface area contributed by atoms with E-state index in [2.05, 4.69) is 20.5 Å². The molecule has 4 rings (SSSR count). The quantitative estimate of drug-likeness (QED) is 0.0948. The molecule has 0 saturated carbocycles. The Morgan fingerprint density at radius 2 is 1.49 bits per heavy atom. The van der Waals surface area contributed by atoms with Crippen LogP contribution in [0.15, 0.2) is 98.1 Å². The van der Waals surface area contributed by atoms with Crippen LogP contribution in [-0.4, -0.2) is 23.0 Å². The summed E-state index contributed by atoms with van der Waals surface area (Å²) in [5.41, 5.74) is 6.39. The number of fused-ring (bicyclic) bond motifs is 1. The Labute approximate surface area is 198 Å². The molecule has 0 aliphatic carbocycles. The van der Waals surface area contributed by atoms with Gasteiger partial charge in [-0.15, -0.1) is 10.2 Å². The number of phenolic OH excluding ortho intramolecular Hbond substituents is 1. The molecule has 0 aliphatic heterocycles. The molecule has 0 bridgehead atoms. The third-order valence-electron chi connectivity index (χ3n) is 4.87. The number of nitrogens with two attached hydrogens (primary N) is 1. The van der Waals surface area contributed by atoms with Crippen LogP contribution in [0.4, 0.5) is 34.1 Å². The monoisotopic (exact) mass is 492 g/mol. The number of rotatable bonds is 6. The number of benzene rings is 4. The van der Waals surface area contributed by atoms with Gasteiger partial charge in [0.1, 0.15) is 16.3 Å². The Kier molecular flexibility index (Phi) is 6.18. The van der Waals surface area contributed by atoms with E-state index in [0.29, 0.717) is 11.4 Å². The Bertz CT molecular complexity index is 1600. The molecular weight excluding hydrogens is 476 g/mol. The smallest absolute Gasteiger partial charge is 0.296 e. The number of non-ortho nitro benzene ring substituents is 1. The van der Waals surface area contributed by atoms with Crippen LogP contribution in [0.2, 0.25) is 0 Å². The first kappa shape index (κ1) is 23.4. The van der Waals surface area contributed by atoms with Crippen LogP contribution in [0.3, 0.4) is 0 Å². The van der Waals surface area contributed by atoms with Crippen LogP contribution in [-0.2, 0) is 10.1 Å². The molecule has 0 radical (unpaired) electrons. The number of nitro groups is 1. The summed E-state index contributed by atoms with van der Waals surface area (Å²) in [4.78, 5) is 9.58. The van der Waals surface area contributed by atoms with E-state index >= 15 is 0 Å². The van der Waals surface area contributed by atoms with Crippen molar-refractivity contribution in [1.29, 1.82) is 0 Å². The van der Waals surface area contributed by atoms with Crippen molar-refractivity contribution in [2.75, 3.05) is 5.73 Å². The normalized spacial score (nSPS) is 12.0. The highest BCUT2D eigenvalue weighted by Gasteiger charge is 2.24. The maximum Gasteiger partial charge on any atom is 0.296 e. The molecule has 4 aromatic carbocycles. The molecule has 0 aromatic heterocycles. The zero-order valence-electron chi connectivity index (χ0n) is 17.7. The van der Waals surface area contributed by atoms with Crippen molar-refractivity contribution >= 4 is 55.0 Å². The molecule has 0 fully saturated rings. The van der Waals surface area contributed by atoms with Gasteiger partial charge in [-0.3, -0.25) is 14.7 Å². The standard InChI is InChI=1S/C22H16N6O6S/c23-20-17(26-24-15-7-9-16(10-8-15)28(30)31)11-6-13-12-18(35(32,33)34)21(22(29)19(13)20)27-25-14-4-2-1-3-5-14/h1-12,29H,23H2,(H,32,33,34)/b26-24+,27-25+. The van der Waals surface area contributed by atoms with Gasteiger partial charge in [0.05, 0.1) is 27.4 Å². The van der Waals surface area contributed by atoms with Crippen LogP contribution < -0.4 is 5.73 Å². The van der Waals surface area contributed by atoms with Crippen LogP contribution in [0, 0.1) is 10.1 Å². The molecule has 0 spiro atoms. The molecule has 0 atom stereocenters. The molecule has 0 aliphatic rings. The highest BCUT2D eigenvalue weighted by molar-refractivity contribution is 7.86. The van der Waals surface area contributed by atoms with Crippen molar-refractivity contribution in [3.05, 3.63) is 82.9 Å². The third kappa shape index (κ3) is 4.95. The van der Waals surface area contributed by atoms with E-state index in [0.717, 1.165) is 6.07 Å². The number of azo groups is 2. The van der Waals surface area contributed by atoms with Gasteiger partial charge in [0, 0.05) is 12.1 Å². The van der Waals surface area contributed by atoms with Crippen LogP contribution in [0.5, 0.6) is 5.75 Å². The van der Waals surface area contributed by atoms with Gasteiger partial charge in [0.25, 0.3) is 15.8 Å². The lowest BCUT2D eigenvalue weighted by Gasteiger charge is -2.11. The number of hydrogen-bond donors (Lipinski definition) is 3. The third-order valence-corrected chi connectivity index (χ3v) is 5.74. The summed E-state index contributed by atoms with van der Waals surface area (Å²) in [7, 11) is -4.78. The number of nitro benzene ring substituents is 1. The van der Waals surface area contributed by atoms with Gasteiger partial charge in [0.15, 0.2) is 5.75 Å². The summed E-state index contributed by atoms with van der Waals surface area (Å²) in [6.45, 7) is 0. The Morgan fingerprint density at radius 1 is 0.857 bits per heavy atom. The summed E-state index contributed by atoms with van der Waals surface area (Å²) in [6, 6.07) is 17.7. The molecule has 0 unspecified atom stereocenters. The lowest BCUT2D eigenvalue weighted by Crippen LogP contribution is -2.00. The van der Waals surface area contributed by atoms with Crippen molar-refractivity contribution in [1.82, 2.24) is 0 Å². The average Bonchev–Trinajstić information content (AvgIpc) is 2.83. The van der Waals surface area contributed by atoms with Gasteiger partial charge in [0.2, 0.25) is 0 Å². The topological polar surface area (TPSA) is 193 Å². The molecular formula is C22H16N6O6S. The highest BCUT2D eigenvalue weighted by Crippen LogP contribution is 2.46. The summed E-state index contributed by atoms with van der Waals surface area (Å²) in [5.74, 6) is -0.625. The fraction of sp³-hybridized carbons (Fsp3) is 0. The first-order chi connectivity index (χ1) is 16.6. The van der Waals surface area contributed by atoms with Crippen LogP contribution in [0.1, 0.15) is 0 Å². The van der Waals surface area contributed by atoms with Gasteiger partial charge in [-0.25, -0.2) is 0 Å². The molecule has 4 N–H and O–H groups in total. The minimum Gasteiger partial charge on any atom is -0.505 e. The van der Waals surface area contributed by atoms with E-state index in [-0.39, 0.29) is 27.8 Å². The summed E-state index contributed by atoms with van der Waals surface area (Å²) < 4.78 is 33.6. The largest absolute Gasteiger partial charge is 0.505 e. The van der Waals surface area contributed by atoms with E-state index in [4.69, 9.17) is 5.73 Å². The predicted octanol–water partition coefficient (Wildman–Crippen LogP) is 6.11.